The monoisotopic (exact) mass is 404 g/mol. The van der Waals surface area contributed by atoms with Gasteiger partial charge in [-0.25, -0.2) is 18.4 Å². The number of nitrogens with one attached hydrogen (secondary N) is 1. The van der Waals surface area contributed by atoms with E-state index < -0.39 is 28.5 Å². The van der Waals surface area contributed by atoms with Crippen molar-refractivity contribution in [2.75, 3.05) is 11.9 Å². The van der Waals surface area contributed by atoms with Crippen LogP contribution in [0.2, 0.25) is 0 Å². The fraction of sp³-hybridized carbons (Fsp3) is 0.300. The van der Waals surface area contributed by atoms with Gasteiger partial charge in [-0.15, -0.1) is 0 Å². The fourth-order valence-electron chi connectivity index (χ4n) is 2.50. The van der Waals surface area contributed by atoms with E-state index in [2.05, 4.69) is 26.1 Å². The summed E-state index contributed by atoms with van der Waals surface area (Å²) in [7, 11) is -3.96. The van der Waals surface area contributed by atoms with Gasteiger partial charge in [0.05, 0.1) is 10.5 Å². The molecule has 0 heterocycles. The number of ether oxygens (including phenoxy) is 1. The molecule has 2 aromatic carbocycles. The molecule has 0 fully saturated rings. The lowest BCUT2D eigenvalue weighted by Gasteiger charge is -2.19. The molecule has 0 aliphatic carbocycles. The molecule has 0 aliphatic rings. The number of sulfonamides is 1. The first kappa shape index (κ1) is 21.6. The van der Waals surface area contributed by atoms with Gasteiger partial charge in [0.1, 0.15) is 0 Å². The molecule has 1 amide bonds. The molecule has 0 unspecified atom stereocenters. The summed E-state index contributed by atoms with van der Waals surface area (Å²) in [5.41, 5.74) is 2.12. The van der Waals surface area contributed by atoms with Crippen LogP contribution in [0.4, 0.5) is 5.69 Å². The van der Waals surface area contributed by atoms with Crippen molar-refractivity contribution in [3.8, 4) is 0 Å². The third-order valence-corrected chi connectivity index (χ3v) is 5.15. The maximum Gasteiger partial charge on any atom is 0.338 e. The number of esters is 1. The maximum atomic E-state index is 12.1. The minimum atomic E-state index is -3.96. The largest absolute Gasteiger partial charge is 0.452 e. The van der Waals surface area contributed by atoms with Gasteiger partial charge in [0.25, 0.3) is 5.91 Å². The summed E-state index contributed by atoms with van der Waals surface area (Å²) in [4.78, 5) is 24.0. The van der Waals surface area contributed by atoms with Crippen molar-refractivity contribution in [3.63, 3.8) is 0 Å². The molecule has 0 spiro atoms. The Morgan fingerprint density at radius 3 is 2.21 bits per heavy atom. The molecule has 2 aromatic rings. The van der Waals surface area contributed by atoms with Crippen LogP contribution in [0.15, 0.2) is 47.4 Å². The smallest absolute Gasteiger partial charge is 0.338 e. The third kappa shape index (κ3) is 5.64. The van der Waals surface area contributed by atoms with E-state index in [9.17, 15) is 18.0 Å². The Morgan fingerprint density at radius 2 is 1.68 bits per heavy atom. The van der Waals surface area contributed by atoms with Crippen molar-refractivity contribution in [2.45, 2.75) is 38.0 Å². The van der Waals surface area contributed by atoms with Gasteiger partial charge in [-0.1, -0.05) is 39.0 Å². The van der Waals surface area contributed by atoms with Gasteiger partial charge in [0.2, 0.25) is 10.0 Å². The first-order valence-corrected chi connectivity index (χ1v) is 10.1. The van der Waals surface area contributed by atoms with E-state index in [0.717, 1.165) is 11.6 Å². The van der Waals surface area contributed by atoms with Gasteiger partial charge in [-0.05, 0) is 47.7 Å². The quantitative estimate of drug-likeness (QED) is 0.744. The molecular formula is C20H24N2O5S. The van der Waals surface area contributed by atoms with E-state index in [1.165, 1.54) is 12.1 Å². The number of hydrogen-bond acceptors (Lipinski definition) is 5. The highest BCUT2D eigenvalue weighted by atomic mass is 32.2. The van der Waals surface area contributed by atoms with Gasteiger partial charge >= 0.3 is 5.97 Å². The summed E-state index contributed by atoms with van der Waals surface area (Å²) in [5.74, 6) is -1.32. The molecule has 7 nitrogen and oxygen atoms in total. The van der Waals surface area contributed by atoms with Crippen LogP contribution in [0.3, 0.4) is 0 Å². The number of anilines is 1. The highest BCUT2D eigenvalue weighted by molar-refractivity contribution is 7.89. The van der Waals surface area contributed by atoms with Crippen LogP contribution < -0.4 is 10.5 Å². The van der Waals surface area contributed by atoms with Crippen molar-refractivity contribution in [1.29, 1.82) is 0 Å². The van der Waals surface area contributed by atoms with Gasteiger partial charge in [0.15, 0.2) is 6.61 Å². The summed E-state index contributed by atoms with van der Waals surface area (Å²) in [6.07, 6.45) is 0. The Hall–Kier alpha value is -2.71. The summed E-state index contributed by atoms with van der Waals surface area (Å²) >= 11 is 0. The van der Waals surface area contributed by atoms with Crippen LogP contribution >= 0.6 is 0 Å². The van der Waals surface area contributed by atoms with Crippen LogP contribution in [0, 0.1) is 6.92 Å². The van der Waals surface area contributed by atoms with E-state index in [1.807, 2.05) is 12.1 Å². The zero-order valence-corrected chi connectivity index (χ0v) is 17.1. The Labute approximate surface area is 164 Å². The van der Waals surface area contributed by atoms with Crippen LogP contribution in [0.1, 0.15) is 42.3 Å². The normalized spacial score (nSPS) is 11.8. The van der Waals surface area contributed by atoms with Gasteiger partial charge in [-0.2, -0.15) is 0 Å². The lowest BCUT2D eigenvalue weighted by molar-refractivity contribution is -0.119. The summed E-state index contributed by atoms with van der Waals surface area (Å²) in [5, 5.41) is 7.77. The summed E-state index contributed by atoms with van der Waals surface area (Å²) in [6, 6.07) is 11.4. The number of aryl methyl sites for hydroxylation is 1. The predicted molar refractivity (Wildman–Crippen MR) is 107 cm³/mol. The Bertz CT molecular complexity index is 990. The molecule has 0 bridgehead atoms. The summed E-state index contributed by atoms with van der Waals surface area (Å²) < 4.78 is 28.1. The number of nitrogens with two attached hydrogens (primary N) is 1. The molecule has 28 heavy (non-hydrogen) atoms. The minimum Gasteiger partial charge on any atom is -0.452 e. The topological polar surface area (TPSA) is 116 Å². The number of benzene rings is 2. The molecule has 0 saturated carbocycles. The van der Waals surface area contributed by atoms with E-state index in [4.69, 9.17) is 9.88 Å². The molecule has 0 aliphatic heterocycles. The molecule has 0 saturated heterocycles. The van der Waals surface area contributed by atoms with Gasteiger partial charge < -0.3 is 10.1 Å². The SMILES string of the molecule is Cc1ccc(C(=O)OCC(=O)Nc2ccc(C(C)(C)C)cc2)cc1S(N)(=O)=O. The predicted octanol–water partition coefficient (Wildman–Crippen LogP) is 2.74. The van der Waals surface area contributed by atoms with Gasteiger partial charge in [-0.3, -0.25) is 4.79 Å². The molecule has 0 aromatic heterocycles. The first-order chi connectivity index (χ1) is 12.9. The Morgan fingerprint density at radius 1 is 1.07 bits per heavy atom. The van der Waals surface area contributed by atoms with Crippen molar-refractivity contribution >= 4 is 27.6 Å². The number of rotatable bonds is 5. The van der Waals surface area contributed by atoms with Crippen molar-refractivity contribution in [1.82, 2.24) is 0 Å². The molecule has 8 heteroatoms. The van der Waals surface area contributed by atoms with E-state index in [-0.39, 0.29) is 15.9 Å². The second kappa shape index (κ2) is 8.12. The molecule has 0 radical (unpaired) electrons. The molecule has 0 atom stereocenters. The molecule has 3 N–H and O–H groups in total. The lowest BCUT2D eigenvalue weighted by Crippen LogP contribution is -2.21. The van der Waals surface area contributed by atoms with Crippen LogP contribution in [0.25, 0.3) is 0 Å². The van der Waals surface area contributed by atoms with Crippen molar-refractivity contribution < 1.29 is 22.7 Å². The molecule has 150 valence electrons. The van der Waals surface area contributed by atoms with Crippen LogP contribution in [0.5, 0.6) is 0 Å². The molecule has 2 rings (SSSR count). The summed E-state index contributed by atoms with van der Waals surface area (Å²) in [6.45, 7) is 7.33. The lowest BCUT2D eigenvalue weighted by atomic mass is 9.87. The standard InChI is InChI=1S/C20H24N2O5S/c1-13-5-6-14(11-17(13)28(21,25)26)19(24)27-12-18(23)22-16-9-7-15(8-10-16)20(2,3)4/h5-11H,12H2,1-4H3,(H,22,23)(H2,21,25,26). The maximum absolute atomic E-state index is 12.1. The van der Waals surface area contributed by atoms with E-state index in [1.54, 1.807) is 19.1 Å². The number of carbonyl (C=O) groups excluding carboxylic acids is 2. The average molecular weight is 404 g/mol. The van der Waals surface area contributed by atoms with E-state index in [0.29, 0.717) is 11.3 Å². The minimum absolute atomic E-state index is 0.00195. The van der Waals surface area contributed by atoms with Crippen LogP contribution in [-0.4, -0.2) is 26.9 Å². The Kier molecular flexibility index (Phi) is 6.26. The van der Waals surface area contributed by atoms with Crippen molar-refractivity contribution in [2.24, 2.45) is 5.14 Å². The second-order valence-electron chi connectivity index (χ2n) is 7.48. The Balaban J connectivity index is 1.98. The second-order valence-corrected chi connectivity index (χ2v) is 9.01. The average Bonchev–Trinajstić information content (AvgIpc) is 2.58. The first-order valence-electron chi connectivity index (χ1n) is 8.59. The zero-order chi connectivity index (χ0) is 21.1. The third-order valence-electron chi connectivity index (χ3n) is 4.10. The van der Waals surface area contributed by atoms with Crippen LogP contribution in [-0.2, 0) is 25.0 Å². The number of amides is 1. The van der Waals surface area contributed by atoms with Gasteiger partial charge in [0, 0.05) is 5.69 Å². The molecular weight excluding hydrogens is 380 g/mol. The van der Waals surface area contributed by atoms with Crippen molar-refractivity contribution in [3.05, 3.63) is 59.2 Å². The highest BCUT2D eigenvalue weighted by Gasteiger charge is 2.17. The number of carbonyl (C=O) groups is 2. The zero-order valence-electron chi connectivity index (χ0n) is 16.3. The number of primary sulfonamides is 1. The number of hydrogen-bond donors (Lipinski definition) is 2. The fourth-order valence-corrected chi connectivity index (χ4v) is 3.31. The van der Waals surface area contributed by atoms with E-state index >= 15 is 0 Å². The highest BCUT2D eigenvalue weighted by Crippen LogP contribution is 2.23.